The Labute approximate surface area is 315 Å². The maximum absolute atomic E-state index is 9.78. The van der Waals surface area contributed by atoms with E-state index in [0.29, 0.717) is 0 Å². The monoisotopic (exact) mass is 653 g/mol. The molecule has 0 aliphatic carbocycles. The topological polar surface area (TPSA) is 9.23 Å². The zero-order chi connectivity index (χ0) is 47.9. The summed E-state index contributed by atoms with van der Waals surface area (Å²) in [5, 5.41) is 6.50. The van der Waals surface area contributed by atoms with Crippen LogP contribution in [-0.4, -0.2) is 0 Å². The van der Waals surface area contributed by atoms with Gasteiger partial charge in [-0.15, -0.1) is 0 Å². The van der Waals surface area contributed by atoms with Gasteiger partial charge in [0.25, 0.3) is 0 Å². The molecular formula is C49H32O. The molecule has 0 spiro atoms. The number of benzene rings is 9. The molecule has 10 rings (SSSR count). The van der Waals surface area contributed by atoms with E-state index in [-0.39, 0.29) is 11.1 Å². The van der Waals surface area contributed by atoms with Crippen LogP contribution in [0.25, 0.3) is 54.6 Å². The van der Waals surface area contributed by atoms with E-state index in [1.165, 1.54) is 0 Å². The molecule has 0 bridgehead atoms. The Hall–Kier alpha value is -6.44. The highest BCUT2D eigenvalue weighted by Crippen LogP contribution is 2.55. The predicted molar refractivity (Wildman–Crippen MR) is 208 cm³/mol. The molecule has 0 saturated heterocycles. The van der Waals surface area contributed by atoms with E-state index in [4.69, 9.17) is 17.1 Å². The summed E-state index contributed by atoms with van der Waals surface area (Å²) < 4.78 is 160. The summed E-state index contributed by atoms with van der Waals surface area (Å²) in [5.74, 6) is -1.41. The number of hydrogen-bond acceptors (Lipinski definition) is 1. The predicted octanol–water partition coefficient (Wildman–Crippen LogP) is 13.0. The molecule has 234 valence electrons. The van der Waals surface area contributed by atoms with Crippen molar-refractivity contribution in [1.29, 1.82) is 0 Å². The molecule has 1 heteroatoms. The van der Waals surface area contributed by atoms with Crippen molar-refractivity contribution < 1.29 is 28.0 Å². The van der Waals surface area contributed by atoms with Crippen LogP contribution in [0.1, 0.15) is 45.6 Å². The largest absolute Gasteiger partial charge is 0.457 e. The van der Waals surface area contributed by atoms with E-state index < -0.39 is 142 Å². The van der Waals surface area contributed by atoms with E-state index in [2.05, 4.69) is 36.4 Å². The molecule has 0 radical (unpaired) electrons. The number of rotatable bonds is 4. The molecule has 0 atom stereocenters. The first-order chi connectivity index (χ1) is 31.9. The smallest absolute Gasteiger partial charge is 0.132 e. The van der Waals surface area contributed by atoms with Gasteiger partial charge in [0.2, 0.25) is 0 Å². The average molecular weight is 654 g/mol. The van der Waals surface area contributed by atoms with Gasteiger partial charge in [0.1, 0.15) is 11.5 Å². The lowest BCUT2D eigenvalue weighted by Gasteiger charge is -2.41. The van der Waals surface area contributed by atoms with Crippen LogP contribution in [0.4, 0.5) is 0 Å². The van der Waals surface area contributed by atoms with E-state index >= 15 is 0 Å². The maximum atomic E-state index is 9.78. The fraction of sp³-hybridized carbons (Fsp3) is 0.0204. The molecule has 0 unspecified atom stereocenters. The van der Waals surface area contributed by atoms with Gasteiger partial charge in [-0.3, -0.25) is 0 Å². The second kappa shape index (κ2) is 11.3. The fourth-order valence-corrected chi connectivity index (χ4v) is 7.16. The first kappa shape index (κ1) is 16.3. The Morgan fingerprint density at radius 3 is 1.48 bits per heavy atom. The van der Waals surface area contributed by atoms with Gasteiger partial charge < -0.3 is 4.74 Å². The van der Waals surface area contributed by atoms with Crippen molar-refractivity contribution in [2.75, 3.05) is 0 Å². The molecule has 0 amide bonds. The first-order valence-electron chi connectivity index (χ1n) is 24.4. The van der Waals surface area contributed by atoms with Gasteiger partial charge in [-0.1, -0.05) is 176 Å². The molecule has 1 aliphatic rings. The molecule has 1 heterocycles. The number of fused-ring (bicyclic) bond motifs is 8. The van der Waals surface area contributed by atoms with Crippen molar-refractivity contribution in [3.63, 3.8) is 0 Å². The van der Waals surface area contributed by atoms with Gasteiger partial charge in [-0.05, 0) is 83.8 Å². The standard InChI is InChI=1S/C49H32O/c1-3-13-37(14-4-1)49(38-15-5-2-6-16-38)45-21-11-12-22-47(45)50-48-32-36(28-30-46(48)49)34-25-23-33(24-26-34)35-27-29-43-41-19-8-7-17-39(41)40-18-9-10-20-42(40)44(43)31-35/h1-32H/i1D,2D,3D,4D,5D,6D,11D,12D,13D,14D,15D,16D,21D,22D,28D,30D,32D. The van der Waals surface area contributed by atoms with Crippen LogP contribution in [-0.2, 0) is 5.41 Å². The molecule has 1 aliphatic heterocycles. The third-order valence-corrected chi connectivity index (χ3v) is 9.39. The van der Waals surface area contributed by atoms with Crippen LogP contribution >= 0.6 is 0 Å². The third kappa shape index (κ3) is 4.27. The summed E-state index contributed by atoms with van der Waals surface area (Å²) in [6.45, 7) is 0. The highest BCUT2D eigenvalue weighted by molar-refractivity contribution is 6.25. The van der Waals surface area contributed by atoms with Crippen LogP contribution in [0.2, 0.25) is 0 Å². The molecule has 0 N–H and O–H groups in total. The zero-order valence-electron chi connectivity index (χ0n) is 43.1. The molecule has 50 heavy (non-hydrogen) atoms. The summed E-state index contributed by atoms with van der Waals surface area (Å²) in [6.07, 6.45) is 0. The number of ether oxygens (including phenoxy) is 1. The minimum absolute atomic E-state index is 0.188. The Morgan fingerprint density at radius 1 is 0.380 bits per heavy atom. The summed E-state index contributed by atoms with van der Waals surface area (Å²) >= 11 is 0. The Kier molecular flexibility index (Phi) is 3.69. The molecule has 0 aromatic heterocycles. The van der Waals surface area contributed by atoms with Crippen molar-refractivity contribution in [3.8, 4) is 33.8 Å². The summed E-state index contributed by atoms with van der Waals surface area (Å²) in [5.41, 5.74) is -4.47. The van der Waals surface area contributed by atoms with Crippen molar-refractivity contribution in [1.82, 2.24) is 0 Å². The minimum atomic E-state index is -3.00. The van der Waals surface area contributed by atoms with Crippen LogP contribution in [0, 0.1) is 0 Å². The quantitative estimate of drug-likeness (QED) is 0.172. The second-order valence-corrected chi connectivity index (χ2v) is 11.9. The second-order valence-electron chi connectivity index (χ2n) is 11.9. The van der Waals surface area contributed by atoms with Gasteiger partial charge in [0.15, 0.2) is 0 Å². The van der Waals surface area contributed by atoms with Crippen molar-refractivity contribution in [2.45, 2.75) is 5.41 Å². The maximum Gasteiger partial charge on any atom is 0.132 e. The lowest BCUT2D eigenvalue weighted by molar-refractivity contribution is 0.435. The van der Waals surface area contributed by atoms with Gasteiger partial charge in [-0.25, -0.2) is 0 Å². The Bertz CT molecular complexity index is 3500. The van der Waals surface area contributed by atoms with Gasteiger partial charge in [-0.2, -0.15) is 0 Å². The zero-order valence-corrected chi connectivity index (χ0v) is 26.1. The van der Waals surface area contributed by atoms with Gasteiger partial charge in [0, 0.05) is 11.1 Å². The van der Waals surface area contributed by atoms with Crippen LogP contribution in [0.3, 0.4) is 0 Å². The van der Waals surface area contributed by atoms with Crippen LogP contribution in [0.5, 0.6) is 11.5 Å². The van der Waals surface area contributed by atoms with Gasteiger partial charge in [0.05, 0.1) is 28.7 Å². The van der Waals surface area contributed by atoms with E-state index in [9.17, 15) is 11.0 Å². The minimum Gasteiger partial charge on any atom is -0.457 e. The summed E-state index contributed by atoms with van der Waals surface area (Å²) in [4.78, 5) is 0. The Morgan fingerprint density at radius 2 is 0.860 bits per heavy atom. The molecule has 0 saturated carbocycles. The molecule has 9 aromatic rings. The third-order valence-electron chi connectivity index (χ3n) is 9.39. The van der Waals surface area contributed by atoms with Crippen LogP contribution in [0.15, 0.2) is 194 Å². The molecule has 1 nitrogen and oxygen atoms in total. The Balaban J connectivity index is 1.28. The van der Waals surface area contributed by atoms with E-state index in [1.54, 1.807) is 24.3 Å². The number of hydrogen-bond donors (Lipinski definition) is 0. The van der Waals surface area contributed by atoms with Crippen molar-refractivity contribution >= 4 is 32.3 Å². The molecule has 0 fully saturated rings. The highest BCUT2D eigenvalue weighted by Gasteiger charge is 2.45. The fourth-order valence-electron chi connectivity index (χ4n) is 7.16. The normalized spacial score (nSPS) is 17.9. The van der Waals surface area contributed by atoms with Crippen molar-refractivity contribution in [3.05, 3.63) is 216 Å². The van der Waals surface area contributed by atoms with Gasteiger partial charge >= 0.3 is 0 Å². The van der Waals surface area contributed by atoms with E-state index in [1.807, 2.05) is 30.3 Å². The first-order valence-corrected chi connectivity index (χ1v) is 15.9. The SMILES string of the molecule is [2H]c1c([2H])c([2H])c(C2(c3c([2H])c([2H])c([2H])c([2H])c3[2H])c3c([2H])c([2H])c([2H])c([2H])c3Oc3c([2H])c(-c4ccc(-c5ccc6c7ccccc7c7ccccc7c6c5)cc4)c([2H])c([2H])c32)c([2H])c1[2H]. The summed E-state index contributed by atoms with van der Waals surface area (Å²) in [7, 11) is 0. The molecular weight excluding hydrogens is 605 g/mol. The summed E-state index contributed by atoms with van der Waals surface area (Å²) in [6, 6.07) is 14.0. The lowest BCUT2D eigenvalue weighted by Crippen LogP contribution is -2.34. The van der Waals surface area contributed by atoms with Crippen molar-refractivity contribution in [2.24, 2.45) is 0 Å². The molecule has 9 aromatic carbocycles. The average Bonchev–Trinajstić information content (AvgIpc) is 3.34. The van der Waals surface area contributed by atoms with E-state index in [0.717, 1.165) is 43.4 Å². The number of para-hydroxylation sites is 1. The highest BCUT2D eigenvalue weighted by atomic mass is 16.5. The lowest BCUT2D eigenvalue weighted by atomic mass is 9.63. The van der Waals surface area contributed by atoms with Crippen LogP contribution < -0.4 is 4.74 Å².